The van der Waals surface area contributed by atoms with Crippen LogP contribution >= 0.6 is 0 Å². The maximum Gasteiger partial charge on any atom is 0.139 e. The molecule has 0 fully saturated rings. The van der Waals surface area contributed by atoms with Crippen molar-refractivity contribution in [3.8, 4) is 67.5 Å². The number of hydrogen-bond acceptors (Lipinski definition) is 2. The summed E-state index contributed by atoms with van der Waals surface area (Å²) in [5, 5.41) is 4.68. The van der Waals surface area contributed by atoms with E-state index in [0.717, 1.165) is 56.0 Å². The first-order valence-electron chi connectivity index (χ1n) is 24.9. The van der Waals surface area contributed by atoms with Gasteiger partial charge in [0.25, 0.3) is 0 Å². The highest BCUT2D eigenvalue weighted by Gasteiger charge is 2.48. The molecule has 0 aromatic heterocycles. The summed E-state index contributed by atoms with van der Waals surface area (Å²) < 4.78 is 14.1. The molecule has 0 saturated carbocycles. The van der Waals surface area contributed by atoms with Gasteiger partial charge in [-0.1, -0.05) is 240 Å². The fraction of sp³-hybridized carbons (Fsp3) is 0.101. The van der Waals surface area contributed by atoms with E-state index < -0.39 is 5.41 Å². The maximum absolute atomic E-state index is 7.06. The molecule has 3 aliphatic rings. The number of benzene rings is 11. The molecule has 0 amide bonds. The van der Waals surface area contributed by atoms with Crippen molar-refractivity contribution >= 4 is 21.5 Å². The van der Waals surface area contributed by atoms with Crippen LogP contribution < -0.4 is 9.47 Å². The zero-order chi connectivity index (χ0) is 47.6. The van der Waals surface area contributed by atoms with E-state index in [9.17, 15) is 0 Å². The molecule has 2 nitrogen and oxygen atoms in total. The lowest BCUT2D eigenvalue weighted by Crippen LogP contribution is -2.29. The van der Waals surface area contributed by atoms with E-state index in [1.54, 1.807) is 0 Å². The largest absolute Gasteiger partial charge is 0.456 e. The van der Waals surface area contributed by atoms with Crippen LogP contribution in [0.2, 0.25) is 0 Å². The molecule has 1 aliphatic carbocycles. The Balaban J connectivity index is 1.12. The minimum absolute atomic E-state index is 0.271. The van der Waals surface area contributed by atoms with Crippen LogP contribution in [0.3, 0.4) is 0 Å². The summed E-state index contributed by atoms with van der Waals surface area (Å²) in [6, 6.07) is 85.1. The zero-order valence-electron chi connectivity index (χ0n) is 40.3. The lowest BCUT2D eigenvalue weighted by Gasteiger charge is -2.36. The smallest absolute Gasteiger partial charge is 0.139 e. The molecule has 2 heteroatoms. The topological polar surface area (TPSA) is 18.5 Å². The van der Waals surface area contributed by atoms with Crippen LogP contribution in [-0.2, 0) is 16.2 Å². The molecular weight excluding hydrogens is 861 g/mol. The van der Waals surface area contributed by atoms with Crippen molar-refractivity contribution in [1.82, 2.24) is 0 Å². The van der Waals surface area contributed by atoms with E-state index in [-0.39, 0.29) is 10.8 Å². The Morgan fingerprint density at radius 2 is 0.662 bits per heavy atom. The van der Waals surface area contributed by atoms with Crippen molar-refractivity contribution in [2.24, 2.45) is 0 Å². The highest BCUT2D eigenvalue weighted by molar-refractivity contribution is 6.20. The average molecular weight is 911 g/mol. The first-order chi connectivity index (χ1) is 34.8. The summed E-state index contributed by atoms with van der Waals surface area (Å²) in [4.78, 5) is 0. The van der Waals surface area contributed by atoms with Gasteiger partial charge in [0.2, 0.25) is 0 Å². The Hall–Kier alpha value is -8.46. The average Bonchev–Trinajstić information content (AvgIpc) is 3.72. The zero-order valence-corrected chi connectivity index (χ0v) is 40.3. The van der Waals surface area contributed by atoms with Gasteiger partial charge in [-0.2, -0.15) is 0 Å². The molecule has 11 aromatic carbocycles. The SMILES string of the molecule is CC1(C)c2ccccc2Oc2c(-c3cccc4c(-c5cccc6c5C(c5ccccc5)(c5ccccc5)c5ccccc5-6)c5cccc(-c6cccc7c6Oc6ccccc6C7(C)C)c5cc34)cccc21. The summed E-state index contributed by atoms with van der Waals surface area (Å²) in [7, 11) is 0. The summed E-state index contributed by atoms with van der Waals surface area (Å²) in [6.07, 6.45) is 0. The van der Waals surface area contributed by atoms with Crippen LogP contribution in [0.15, 0.2) is 231 Å². The van der Waals surface area contributed by atoms with Gasteiger partial charge in [-0.25, -0.2) is 0 Å². The van der Waals surface area contributed by atoms with Crippen molar-refractivity contribution in [2.75, 3.05) is 0 Å². The van der Waals surface area contributed by atoms with Gasteiger partial charge in [0.05, 0.1) is 5.41 Å². The number of hydrogen-bond donors (Lipinski definition) is 0. The Bertz CT molecular complexity index is 3780. The highest BCUT2D eigenvalue weighted by Crippen LogP contribution is 2.61. The van der Waals surface area contributed by atoms with Crippen LogP contribution in [0.4, 0.5) is 0 Å². The fourth-order valence-electron chi connectivity index (χ4n) is 13.0. The van der Waals surface area contributed by atoms with Gasteiger partial charge in [0, 0.05) is 44.2 Å². The van der Waals surface area contributed by atoms with Crippen LogP contribution in [0.5, 0.6) is 23.0 Å². The van der Waals surface area contributed by atoms with Crippen LogP contribution in [-0.4, -0.2) is 0 Å². The molecule has 0 N–H and O–H groups in total. The molecule has 11 aromatic rings. The maximum atomic E-state index is 7.06. The van der Waals surface area contributed by atoms with Gasteiger partial charge >= 0.3 is 0 Å². The van der Waals surface area contributed by atoms with E-state index >= 15 is 0 Å². The third-order valence-corrected chi connectivity index (χ3v) is 16.3. The number of para-hydroxylation sites is 4. The van der Waals surface area contributed by atoms with Gasteiger partial charge < -0.3 is 9.47 Å². The normalized spacial score (nSPS) is 15.0. The number of ether oxygens (including phenoxy) is 2. The lowest BCUT2D eigenvalue weighted by atomic mass is 9.65. The predicted octanol–water partition coefficient (Wildman–Crippen LogP) is 18.2. The van der Waals surface area contributed by atoms with Gasteiger partial charge in [-0.15, -0.1) is 0 Å². The van der Waals surface area contributed by atoms with E-state index in [4.69, 9.17) is 9.47 Å². The quantitative estimate of drug-likeness (QED) is 0.160. The first-order valence-corrected chi connectivity index (χ1v) is 24.9. The molecule has 71 heavy (non-hydrogen) atoms. The van der Waals surface area contributed by atoms with E-state index in [2.05, 4.69) is 258 Å². The molecule has 0 atom stereocenters. The molecule has 2 aliphatic heterocycles. The van der Waals surface area contributed by atoms with Crippen LogP contribution in [0.25, 0.3) is 66.1 Å². The third-order valence-electron chi connectivity index (χ3n) is 16.3. The second kappa shape index (κ2) is 15.3. The Morgan fingerprint density at radius 1 is 0.282 bits per heavy atom. The molecule has 338 valence electrons. The molecule has 0 bridgehead atoms. The number of fused-ring (bicyclic) bond motifs is 9. The van der Waals surface area contributed by atoms with E-state index in [0.29, 0.717) is 0 Å². The van der Waals surface area contributed by atoms with Crippen molar-refractivity contribution in [1.29, 1.82) is 0 Å². The van der Waals surface area contributed by atoms with Gasteiger partial charge in [-0.05, 0) is 95.4 Å². The molecule has 0 radical (unpaired) electrons. The second-order valence-corrected chi connectivity index (χ2v) is 20.6. The Kier molecular flexibility index (Phi) is 8.93. The first kappa shape index (κ1) is 41.5. The number of rotatable bonds is 5. The highest BCUT2D eigenvalue weighted by atomic mass is 16.5. The predicted molar refractivity (Wildman–Crippen MR) is 292 cm³/mol. The minimum Gasteiger partial charge on any atom is -0.456 e. The Labute approximate surface area is 415 Å². The molecule has 14 rings (SSSR count). The minimum atomic E-state index is -0.620. The third kappa shape index (κ3) is 5.76. The summed E-state index contributed by atoms with van der Waals surface area (Å²) in [6.45, 7) is 9.28. The monoisotopic (exact) mass is 910 g/mol. The van der Waals surface area contributed by atoms with Crippen molar-refractivity contribution in [2.45, 2.75) is 43.9 Å². The standard InChI is InChI=1S/C69H50O2/c1-67(2)57-36-13-15-40-61(57)70-65-51(32-20-38-59(65)67)45-27-17-29-48-54(45)42-55-46(52-33-21-39-60-66(52)71-62-41-16-14-37-58(62)68(60,3)4)28-18-30-49(55)63(48)53-34-19-31-50-47-26-11-12-35-56(47)69(64(50)53,43-22-7-5-8-23-43)44-24-9-6-10-25-44/h5-42H,1-4H3. The summed E-state index contributed by atoms with van der Waals surface area (Å²) >= 11 is 0. The second-order valence-electron chi connectivity index (χ2n) is 20.6. The summed E-state index contributed by atoms with van der Waals surface area (Å²) in [5.74, 6) is 3.63. The molecular formula is C69H50O2. The van der Waals surface area contributed by atoms with Crippen molar-refractivity contribution in [3.05, 3.63) is 275 Å². The van der Waals surface area contributed by atoms with E-state index in [1.165, 1.54) is 77.5 Å². The van der Waals surface area contributed by atoms with E-state index in [1.807, 2.05) is 0 Å². The Morgan fingerprint density at radius 3 is 1.20 bits per heavy atom. The molecule has 0 spiro atoms. The van der Waals surface area contributed by atoms with Gasteiger partial charge in [0.1, 0.15) is 23.0 Å². The lowest BCUT2D eigenvalue weighted by molar-refractivity contribution is 0.419. The summed E-state index contributed by atoms with van der Waals surface area (Å²) in [5.41, 5.74) is 18.0. The van der Waals surface area contributed by atoms with Gasteiger partial charge in [-0.3, -0.25) is 0 Å². The fourth-order valence-corrected chi connectivity index (χ4v) is 13.0. The molecule has 0 saturated heterocycles. The molecule has 0 unspecified atom stereocenters. The van der Waals surface area contributed by atoms with Gasteiger partial charge in [0.15, 0.2) is 0 Å². The van der Waals surface area contributed by atoms with Crippen LogP contribution in [0, 0.1) is 0 Å². The molecule has 2 heterocycles. The van der Waals surface area contributed by atoms with Crippen molar-refractivity contribution in [3.63, 3.8) is 0 Å². The van der Waals surface area contributed by atoms with Crippen molar-refractivity contribution < 1.29 is 9.47 Å². The van der Waals surface area contributed by atoms with Crippen LogP contribution in [0.1, 0.15) is 72.2 Å².